The van der Waals surface area contributed by atoms with Crippen LogP contribution in [0.1, 0.15) is 5.56 Å². The third-order valence-electron chi connectivity index (χ3n) is 4.38. The first-order chi connectivity index (χ1) is 12.5. The normalized spacial score (nSPS) is 15.6. The molecule has 1 N–H and O–H groups in total. The van der Waals surface area contributed by atoms with E-state index in [1.807, 2.05) is 35.3 Å². The highest BCUT2D eigenvalue weighted by atomic mass is 16.6. The maximum atomic E-state index is 11.7. The minimum atomic E-state index is -0.421. The fourth-order valence-corrected chi connectivity index (χ4v) is 2.90. The van der Waals surface area contributed by atoms with Crippen molar-refractivity contribution in [3.05, 3.63) is 52.3 Å². The largest absolute Gasteiger partial charge is 0.354 e. The van der Waals surface area contributed by atoms with Gasteiger partial charge in [-0.2, -0.15) is 0 Å². The quantitative estimate of drug-likeness (QED) is 0.616. The number of hydrazine groups is 1. The van der Waals surface area contributed by atoms with Crippen LogP contribution in [0.2, 0.25) is 0 Å². The van der Waals surface area contributed by atoms with Gasteiger partial charge >= 0.3 is 5.69 Å². The zero-order valence-corrected chi connectivity index (χ0v) is 15.0. The minimum absolute atomic E-state index is 0.107. The molecule has 9 nitrogen and oxygen atoms in total. The second-order valence-corrected chi connectivity index (χ2v) is 6.40. The summed E-state index contributed by atoms with van der Waals surface area (Å²) in [5.41, 5.74) is 4.04. The van der Waals surface area contributed by atoms with Gasteiger partial charge in [-0.05, 0) is 12.6 Å². The number of aromatic nitrogens is 2. The molecule has 1 aromatic heterocycles. The van der Waals surface area contributed by atoms with E-state index in [2.05, 4.69) is 27.3 Å². The molecule has 1 saturated heterocycles. The molecule has 0 spiro atoms. The van der Waals surface area contributed by atoms with E-state index in [1.165, 1.54) is 6.33 Å². The number of nitro groups is 1. The van der Waals surface area contributed by atoms with Gasteiger partial charge in [-0.1, -0.05) is 30.3 Å². The van der Waals surface area contributed by atoms with Crippen molar-refractivity contribution in [2.45, 2.75) is 6.54 Å². The Kier molecular flexibility index (Phi) is 5.59. The van der Waals surface area contributed by atoms with Crippen molar-refractivity contribution in [3.63, 3.8) is 0 Å². The number of nitrogens with one attached hydrogen (secondary N) is 1. The summed E-state index contributed by atoms with van der Waals surface area (Å²) < 4.78 is 0. The van der Waals surface area contributed by atoms with E-state index in [9.17, 15) is 10.1 Å². The molecule has 1 fully saturated rings. The molecule has 0 unspecified atom stereocenters. The molecule has 0 saturated carbocycles. The van der Waals surface area contributed by atoms with Gasteiger partial charge in [0, 0.05) is 39.8 Å². The second kappa shape index (κ2) is 8.07. The lowest BCUT2D eigenvalue weighted by molar-refractivity contribution is -0.383. The second-order valence-electron chi connectivity index (χ2n) is 6.40. The van der Waals surface area contributed by atoms with Gasteiger partial charge in [-0.3, -0.25) is 15.5 Å². The Morgan fingerprint density at radius 3 is 2.54 bits per heavy atom. The van der Waals surface area contributed by atoms with Gasteiger partial charge in [0.15, 0.2) is 0 Å². The molecule has 9 heteroatoms. The van der Waals surface area contributed by atoms with E-state index in [0.717, 1.165) is 31.7 Å². The Bertz CT molecular complexity index is 748. The molecule has 1 aliphatic rings. The van der Waals surface area contributed by atoms with Crippen LogP contribution < -0.4 is 10.3 Å². The molecule has 1 aliphatic heterocycles. The van der Waals surface area contributed by atoms with Crippen LogP contribution in [0, 0.1) is 10.1 Å². The van der Waals surface area contributed by atoms with Crippen LogP contribution in [0.15, 0.2) is 36.7 Å². The summed E-state index contributed by atoms with van der Waals surface area (Å²) in [5.74, 6) is 0.523. The van der Waals surface area contributed by atoms with E-state index in [-0.39, 0.29) is 11.5 Å². The maximum absolute atomic E-state index is 11.7. The van der Waals surface area contributed by atoms with E-state index < -0.39 is 4.92 Å². The summed E-state index contributed by atoms with van der Waals surface area (Å²) >= 11 is 0. The average Bonchev–Trinajstić information content (AvgIpc) is 2.64. The lowest BCUT2D eigenvalue weighted by Crippen LogP contribution is -2.47. The van der Waals surface area contributed by atoms with Crippen LogP contribution in [0.25, 0.3) is 0 Å². The van der Waals surface area contributed by atoms with Crippen LogP contribution in [0.4, 0.5) is 17.3 Å². The number of anilines is 2. The zero-order chi connectivity index (χ0) is 18.5. The van der Waals surface area contributed by atoms with Crippen LogP contribution in [0.5, 0.6) is 0 Å². The molecule has 2 aromatic rings. The zero-order valence-electron chi connectivity index (χ0n) is 15.0. The summed E-state index contributed by atoms with van der Waals surface area (Å²) in [6.45, 7) is 3.85. The van der Waals surface area contributed by atoms with Crippen molar-refractivity contribution in [1.29, 1.82) is 0 Å². The smallest absolute Gasteiger partial charge is 0.349 e. The highest BCUT2D eigenvalue weighted by molar-refractivity contribution is 5.69. The molecule has 3 rings (SSSR count). The third-order valence-corrected chi connectivity index (χ3v) is 4.38. The van der Waals surface area contributed by atoms with Crippen molar-refractivity contribution < 1.29 is 4.92 Å². The number of benzene rings is 1. The Labute approximate surface area is 152 Å². The number of hydrogen-bond donors (Lipinski definition) is 1. The number of piperazine rings is 1. The van der Waals surface area contributed by atoms with Crippen LogP contribution in [0.3, 0.4) is 0 Å². The van der Waals surface area contributed by atoms with Crippen LogP contribution in [-0.4, -0.2) is 65.1 Å². The van der Waals surface area contributed by atoms with Gasteiger partial charge in [0.1, 0.15) is 6.33 Å². The van der Waals surface area contributed by atoms with Gasteiger partial charge in [0.2, 0.25) is 11.6 Å². The fourth-order valence-electron chi connectivity index (χ4n) is 2.90. The molecule has 1 aromatic carbocycles. The molecule has 2 heterocycles. The van der Waals surface area contributed by atoms with Crippen LogP contribution in [-0.2, 0) is 6.54 Å². The van der Waals surface area contributed by atoms with Crippen molar-refractivity contribution in [1.82, 2.24) is 19.9 Å². The molecular weight excluding hydrogens is 334 g/mol. The molecule has 0 amide bonds. The van der Waals surface area contributed by atoms with Gasteiger partial charge in [-0.25, -0.2) is 15.0 Å². The number of nitrogens with zero attached hydrogens (tertiary/aromatic N) is 6. The van der Waals surface area contributed by atoms with Gasteiger partial charge in [-0.15, -0.1) is 0 Å². The van der Waals surface area contributed by atoms with Crippen LogP contribution >= 0.6 is 0 Å². The first-order valence-corrected chi connectivity index (χ1v) is 8.49. The summed E-state index contributed by atoms with van der Waals surface area (Å²) in [6, 6.07) is 9.78. The predicted octanol–water partition coefficient (Wildman–Crippen LogP) is 1.60. The molecule has 0 aliphatic carbocycles. The lowest BCUT2D eigenvalue weighted by Gasteiger charge is -2.32. The maximum Gasteiger partial charge on any atom is 0.354 e. The van der Waals surface area contributed by atoms with E-state index in [1.54, 1.807) is 11.9 Å². The lowest BCUT2D eigenvalue weighted by atomic mass is 10.2. The van der Waals surface area contributed by atoms with Crippen molar-refractivity contribution in [2.75, 3.05) is 50.6 Å². The molecule has 138 valence electrons. The molecule has 26 heavy (non-hydrogen) atoms. The van der Waals surface area contributed by atoms with Gasteiger partial charge < -0.3 is 9.80 Å². The third kappa shape index (κ3) is 4.24. The van der Waals surface area contributed by atoms with Crippen molar-refractivity contribution in [2.24, 2.45) is 0 Å². The SMILES string of the molecule is CN1CCN(Nc2ncnc(N(C)Cc3ccccc3)c2[N+](=O)[O-])CC1. The molecular formula is C17H23N7O2. The monoisotopic (exact) mass is 357 g/mol. The molecule has 0 atom stereocenters. The Balaban J connectivity index is 1.82. The standard InChI is InChI=1S/C17H23N7O2/c1-21-8-10-23(11-9-21)20-16-15(24(25)26)17(19-13-18-16)22(2)12-14-6-4-3-5-7-14/h3-7,13H,8-12H2,1-2H3,(H,18,19,20). The van der Waals surface area contributed by atoms with Crippen molar-refractivity contribution in [3.8, 4) is 0 Å². The fraction of sp³-hybridized carbons (Fsp3) is 0.412. The number of rotatable bonds is 6. The average molecular weight is 357 g/mol. The van der Waals surface area contributed by atoms with E-state index in [0.29, 0.717) is 12.4 Å². The topological polar surface area (TPSA) is 90.7 Å². The van der Waals surface area contributed by atoms with E-state index in [4.69, 9.17) is 0 Å². The molecule has 0 bridgehead atoms. The Hall–Kier alpha value is -2.78. The summed E-state index contributed by atoms with van der Waals surface area (Å²) in [7, 11) is 3.85. The molecule has 0 radical (unpaired) electrons. The predicted molar refractivity (Wildman–Crippen MR) is 99.9 cm³/mol. The summed E-state index contributed by atoms with van der Waals surface area (Å²) in [6.07, 6.45) is 1.36. The van der Waals surface area contributed by atoms with Crippen molar-refractivity contribution >= 4 is 17.3 Å². The first kappa shape index (κ1) is 18.0. The highest BCUT2D eigenvalue weighted by Crippen LogP contribution is 2.32. The summed E-state index contributed by atoms with van der Waals surface area (Å²) in [4.78, 5) is 23.6. The minimum Gasteiger partial charge on any atom is -0.349 e. The Morgan fingerprint density at radius 2 is 1.88 bits per heavy atom. The summed E-state index contributed by atoms with van der Waals surface area (Å²) in [5, 5.41) is 13.7. The van der Waals surface area contributed by atoms with Gasteiger partial charge in [0.25, 0.3) is 0 Å². The van der Waals surface area contributed by atoms with Gasteiger partial charge in [0.05, 0.1) is 4.92 Å². The first-order valence-electron chi connectivity index (χ1n) is 8.49. The number of likely N-dealkylation sites (N-methyl/N-ethyl adjacent to an activating group) is 1. The highest BCUT2D eigenvalue weighted by Gasteiger charge is 2.27. The number of hydrogen-bond acceptors (Lipinski definition) is 8. The Morgan fingerprint density at radius 1 is 1.19 bits per heavy atom. The van der Waals surface area contributed by atoms with E-state index >= 15 is 0 Å².